The summed E-state index contributed by atoms with van der Waals surface area (Å²) < 4.78 is 5.16. The smallest absolute Gasteiger partial charge is 0.118 e. The summed E-state index contributed by atoms with van der Waals surface area (Å²) in [5.41, 5.74) is 1.33. The molecule has 2 saturated carbocycles. The van der Waals surface area contributed by atoms with Crippen LogP contribution >= 0.6 is 11.6 Å². The first-order chi connectivity index (χ1) is 8.29. The Morgan fingerprint density at radius 1 is 1.24 bits per heavy atom. The molecule has 2 fully saturated rings. The quantitative estimate of drug-likeness (QED) is 0.737. The second-order valence-electron chi connectivity index (χ2n) is 5.40. The van der Waals surface area contributed by atoms with Gasteiger partial charge < -0.3 is 4.74 Å². The van der Waals surface area contributed by atoms with Crippen LogP contribution in [0.5, 0.6) is 5.75 Å². The molecule has 1 aromatic carbocycles. The fourth-order valence-corrected chi connectivity index (χ4v) is 4.09. The minimum absolute atomic E-state index is 0.332. The van der Waals surface area contributed by atoms with Gasteiger partial charge in [-0.25, -0.2) is 0 Å². The van der Waals surface area contributed by atoms with Crippen molar-refractivity contribution in [2.75, 3.05) is 7.11 Å². The van der Waals surface area contributed by atoms with Crippen LogP contribution in [-0.2, 0) is 6.42 Å². The van der Waals surface area contributed by atoms with E-state index >= 15 is 0 Å². The number of hydrogen-bond donors (Lipinski definition) is 0. The summed E-state index contributed by atoms with van der Waals surface area (Å²) >= 11 is 6.56. The van der Waals surface area contributed by atoms with Crippen molar-refractivity contribution in [2.45, 2.75) is 31.1 Å². The molecule has 0 N–H and O–H groups in total. The normalized spacial score (nSPS) is 32.0. The molecular weight excluding hydrogens is 232 g/mol. The SMILES string of the molecule is COc1ccc(CC(Cl)C2C3CCCC32)cc1. The second kappa shape index (κ2) is 4.53. The Morgan fingerprint density at radius 2 is 1.88 bits per heavy atom. The molecule has 3 atom stereocenters. The van der Waals surface area contributed by atoms with Gasteiger partial charge in [-0.05, 0) is 54.7 Å². The van der Waals surface area contributed by atoms with E-state index in [0.29, 0.717) is 5.38 Å². The Morgan fingerprint density at radius 3 is 2.47 bits per heavy atom. The molecule has 1 aromatic rings. The lowest BCUT2D eigenvalue weighted by molar-refractivity contribution is 0.414. The third-order valence-corrected chi connectivity index (χ3v) is 4.93. The van der Waals surface area contributed by atoms with E-state index in [4.69, 9.17) is 16.3 Å². The predicted molar refractivity (Wildman–Crippen MR) is 70.7 cm³/mol. The Kier molecular flexibility index (Phi) is 3.04. The fraction of sp³-hybridized carbons (Fsp3) is 0.600. The number of halogens is 1. The van der Waals surface area contributed by atoms with E-state index in [1.165, 1.54) is 24.8 Å². The maximum atomic E-state index is 6.56. The summed E-state index contributed by atoms with van der Waals surface area (Å²) in [7, 11) is 1.70. The van der Waals surface area contributed by atoms with Crippen molar-refractivity contribution in [1.29, 1.82) is 0 Å². The number of methoxy groups -OCH3 is 1. The number of hydrogen-bond acceptors (Lipinski definition) is 1. The van der Waals surface area contributed by atoms with Gasteiger partial charge >= 0.3 is 0 Å². The van der Waals surface area contributed by atoms with Crippen molar-refractivity contribution in [3.05, 3.63) is 29.8 Å². The van der Waals surface area contributed by atoms with Crippen LogP contribution in [0, 0.1) is 17.8 Å². The van der Waals surface area contributed by atoms with E-state index < -0.39 is 0 Å². The van der Waals surface area contributed by atoms with E-state index in [1.807, 2.05) is 12.1 Å². The van der Waals surface area contributed by atoms with Crippen LogP contribution in [0.2, 0.25) is 0 Å². The van der Waals surface area contributed by atoms with E-state index in [2.05, 4.69) is 12.1 Å². The van der Waals surface area contributed by atoms with Crippen LogP contribution < -0.4 is 4.74 Å². The molecule has 0 spiro atoms. The maximum absolute atomic E-state index is 6.56. The second-order valence-corrected chi connectivity index (χ2v) is 5.96. The van der Waals surface area contributed by atoms with E-state index in [1.54, 1.807) is 7.11 Å². The first-order valence-electron chi connectivity index (χ1n) is 6.56. The van der Waals surface area contributed by atoms with Gasteiger partial charge in [-0.3, -0.25) is 0 Å². The van der Waals surface area contributed by atoms with Crippen molar-refractivity contribution in [1.82, 2.24) is 0 Å². The van der Waals surface area contributed by atoms with Gasteiger partial charge in [0.15, 0.2) is 0 Å². The summed E-state index contributed by atoms with van der Waals surface area (Å²) in [4.78, 5) is 0. The molecule has 0 heterocycles. The minimum atomic E-state index is 0.332. The summed E-state index contributed by atoms with van der Waals surface area (Å²) in [5.74, 6) is 3.63. The number of benzene rings is 1. The summed E-state index contributed by atoms with van der Waals surface area (Å²) in [6.07, 6.45) is 5.27. The van der Waals surface area contributed by atoms with E-state index in [-0.39, 0.29) is 0 Å². The van der Waals surface area contributed by atoms with Crippen LogP contribution in [0.4, 0.5) is 0 Å². The molecular formula is C15H19ClO. The molecule has 0 amide bonds. The first kappa shape index (κ1) is 11.4. The van der Waals surface area contributed by atoms with Gasteiger partial charge in [-0.1, -0.05) is 18.6 Å². The number of fused-ring (bicyclic) bond motifs is 1. The standard InChI is InChI=1S/C15H19ClO/c1-17-11-7-5-10(6-8-11)9-14(16)15-12-3-2-4-13(12)15/h5-8,12-15H,2-4,9H2,1H3. The van der Waals surface area contributed by atoms with Crippen LogP contribution in [0.25, 0.3) is 0 Å². The highest BCUT2D eigenvalue weighted by molar-refractivity contribution is 6.21. The zero-order chi connectivity index (χ0) is 11.8. The molecule has 0 aromatic heterocycles. The summed E-state index contributed by atoms with van der Waals surface area (Å²) in [6.45, 7) is 0. The molecule has 1 nitrogen and oxygen atoms in total. The van der Waals surface area contributed by atoms with Crippen molar-refractivity contribution in [3.8, 4) is 5.75 Å². The van der Waals surface area contributed by atoms with E-state index in [9.17, 15) is 0 Å². The third-order valence-electron chi connectivity index (χ3n) is 4.48. The van der Waals surface area contributed by atoms with Crippen LogP contribution in [-0.4, -0.2) is 12.5 Å². The first-order valence-corrected chi connectivity index (χ1v) is 7.00. The zero-order valence-electron chi connectivity index (χ0n) is 10.2. The number of ether oxygens (including phenoxy) is 1. The molecule has 0 radical (unpaired) electrons. The van der Waals surface area contributed by atoms with Crippen LogP contribution in [0.3, 0.4) is 0 Å². The van der Waals surface area contributed by atoms with Gasteiger partial charge in [0, 0.05) is 5.38 Å². The Hall–Kier alpha value is -0.690. The lowest BCUT2D eigenvalue weighted by Gasteiger charge is -2.11. The van der Waals surface area contributed by atoms with Crippen molar-refractivity contribution < 1.29 is 4.74 Å². The molecule has 0 saturated heterocycles. The predicted octanol–water partition coefficient (Wildman–Crippen LogP) is 3.89. The average molecular weight is 251 g/mol. The van der Waals surface area contributed by atoms with Gasteiger partial charge in [0.2, 0.25) is 0 Å². The molecule has 17 heavy (non-hydrogen) atoms. The molecule has 2 aliphatic rings. The molecule has 3 unspecified atom stereocenters. The van der Waals surface area contributed by atoms with Gasteiger partial charge in [-0.15, -0.1) is 11.6 Å². The summed E-state index contributed by atoms with van der Waals surface area (Å²) in [5, 5.41) is 0.332. The number of rotatable bonds is 4. The molecule has 0 aliphatic heterocycles. The van der Waals surface area contributed by atoms with Crippen LogP contribution in [0.15, 0.2) is 24.3 Å². The van der Waals surface area contributed by atoms with Gasteiger partial charge in [0.05, 0.1) is 7.11 Å². The van der Waals surface area contributed by atoms with Crippen molar-refractivity contribution in [3.63, 3.8) is 0 Å². The highest BCUT2D eigenvalue weighted by atomic mass is 35.5. The third kappa shape index (κ3) is 2.18. The lowest BCUT2D eigenvalue weighted by atomic mass is 10.0. The monoisotopic (exact) mass is 250 g/mol. The van der Waals surface area contributed by atoms with Crippen LogP contribution in [0.1, 0.15) is 24.8 Å². The highest BCUT2D eigenvalue weighted by Crippen LogP contribution is 2.60. The topological polar surface area (TPSA) is 9.23 Å². The minimum Gasteiger partial charge on any atom is -0.497 e. The molecule has 2 aliphatic carbocycles. The highest BCUT2D eigenvalue weighted by Gasteiger charge is 2.55. The number of alkyl halides is 1. The van der Waals surface area contributed by atoms with Gasteiger partial charge in [0.25, 0.3) is 0 Å². The Labute approximate surface area is 108 Å². The molecule has 2 heteroatoms. The Bertz CT molecular complexity index is 376. The van der Waals surface area contributed by atoms with Crippen molar-refractivity contribution in [2.24, 2.45) is 17.8 Å². The lowest BCUT2D eigenvalue weighted by Crippen LogP contribution is -2.09. The average Bonchev–Trinajstić information content (AvgIpc) is 2.85. The largest absolute Gasteiger partial charge is 0.497 e. The van der Waals surface area contributed by atoms with Crippen molar-refractivity contribution >= 4 is 11.6 Å². The molecule has 92 valence electrons. The zero-order valence-corrected chi connectivity index (χ0v) is 11.0. The maximum Gasteiger partial charge on any atom is 0.118 e. The molecule has 3 rings (SSSR count). The van der Waals surface area contributed by atoms with E-state index in [0.717, 1.165) is 29.9 Å². The van der Waals surface area contributed by atoms with Gasteiger partial charge in [-0.2, -0.15) is 0 Å². The molecule has 0 bridgehead atoms. The Balaban J connectivity index is 1.59. The summed E-state index contributed by atoms with van der Waals surface area (Å²) in [6, 6.07) is 8.30. The fourth-order valence-electron chi connectivity index (χ4n) is 3.54. The van der Waals surface area contributed by atoms with Gasteiger partial charge in [0.1, 0.15) is 5.75 Å².